The third-order valence-corrected chi connectivity index (χ3v) is 2.44. The van der Waals surface area contributed by atoms with Gasteiger partial charge in [-0.15, -0.1) is 0 Å². The molecule has 2 rings (SSSR count). The van der Waals surface area contributed by atoms with E-state index in [1.165, 1.54) is 13.4 Å². The monoisotopic (exact) mass is 263 g/mol. The molecule has 0 saturated carbocycles. The molecule has 19 heavy (non-hydrogen) atoms. The summed E-state index contributed by atoms with van der Waals surface area (Å²) in [5.74, 6) is 0.449. The third-order valence-electron chi connectivity index (χ3n) is 2.44. The lowest BCUT2D eigenvalue weighted by Gasteiger charge is -2.08. The van der Waals surface area contributed by atoms with Crippen LogP contribution in [0.1, 0.15) is 12.6 Å². The van der Waals surface area contributed by atoms with Crippen LogP contribution in [0.15, 0.2) is 12.4 Å². The number of methoxy groups -OCH3 is 1. The number of aryl methyl sites for hydroxylation is 1. The third kappa shape index (κ3) is 2.75. The van der Waals surface area contributed by atoms with Crippen molar-refractivity contribution in [1.29, 1.82) is 0 Å². The molecule has 0 fully saturated rings. The number of halogens is 1. The smallest absolute Gasteiger partial charge is 0.216 e. The van der Waals surface area contributed by atoms with E-state index in [1.54, 1.807) is 13.0 Å². The summed E-state index contributed by atoms with van der Waals surface area (Å²) < 4.78 is 18.8. The van der Waals surface area contributed by atoms with Crippen molar-refractivity contribution in [3.63, 3.8) is 0 Å². The number of hydrogen-bond donors (Lipinski definition) is 1. The van der Waals surface area contributed by atoms with E-state index >= 15 is 0 Å². The van der Waals surface area contributed by atoms with Gasteiger partial charge in [0.1, 0.15) is 12.0 Å². The highest BCUT2D eigenvalue weighted by atomic mass is 19.1. The van der Waals surface area contributed by atoms with E-state index in [-0.39, 0.29) is 11.5 Å². The maximum atomic E-state index is 13.8. The molecule has 6 nitrogen and oxygen atoms in total. The molecule has 0 aromatic carbocycles. The summed E-state index contributed by atoms with van der Waals surface area (Å²) in [7, 11) is 1.51. The van der Waals surface area contributed by atoms with Gasteiger partial charge >= 0.3 is 0 Å². The van der Waals surface area contributed by atoms with Crippen LogP contribution in [0.25, 0.3) is 11.5 Å². The van der Waals surface area contributed by atoms with Crippen molar-refractivity contribution < 1.29 is 9.13 Å². The summed E-state index contributed by atoms with van der Waals surface area (Å²) in [5, 5.41) is 2.85. The van der Waals surface area contributed by atoms with Crippen LogP contribution in [0.3, 0.4) is 0 Å². The Balaban J connectivity index is 2.49. The first-order valence-corrected chi connectivity index (χ1v) is 5.80. The highest BCUT2D eigenvalue weighted by Crippen LogP contribution is 2.21. The lowest BCUT2D eigenvalue weighted by Crippen LogP contribution is -2.07. The second-order valence-electron chi connectivity index (χ2n) is 3.77. The minimum Gasteiger partial charge on any atom is -0.481 e. The summed E-state index contributed by atoms with van der Waals surface area (Å²) >= 11 is 0. The Morgan fingerprint density at radius 3 is 2.79 bits per heavy atom. The summed E-state index contributed by atoms with van der Waals surface area (Å²) in [6.07, 6.45) is 1.35. The van der Waals surface area contributed by atoms with E-state index in [1.807, 2.05) is 6.92 Å². The molecule has 0 amide bonds. The highest BCUT2D eigenvalue weighted by molar-refractivity contribution is 5.54. The van der Waals surface area contributed by atoms with Crippen LogP contribution in [0.2, 0.25) is 0 Å². The van der Waals surface area contributed by atoms with Gasteiger partial charge in [0.2, 0.25) is 5.88 Å². The first kappa shape index (κ1) is 13.1. The van der Waals surface area contributed by atoms with Crippen molar-refractivity contribution in [1.82, 2.24) is 19.9 Å². The molecule has 0 saturated heterocycles. The maximum Gasteiger partial charge on any atom is 0.216 e. The molecule has 0 aliphatic rings. The van der Waals surface area contributed by atoms with Gasteiger partial charge in [-0.3, -0.25) is 0 Å². The Morgan fingerprint density at radius 2 is 2.11 bits per heavy atom. The van der Waals surface area contributed by atoms with E-state index in [0.717, 1.165) is 0 Å². The molecular formula is C12H14FN5O. The first-order valence-electron chi connectivity index (χ1n) is 5.80. The molecule has 0 bridgehead atoms. The molecule has 0 unspecified atom stereocenters. The van der Waals surface area contributed by atoms with Gasteiger partial charge in [0, 0.05) is 12.6 Å². The van der Waals surface area contributed by atoms with Gasteiger partial charge in [-0.25, -0.2) is 24.3 Å². The van der Waals surface area contributed by atoms with E-state index < -0.39 is 5.82 Å². The van der Waals surface area contributed by atoms with Crippen molar-refractivity contribution in [2.24, 2.45) is 0 Å². The number of anilines is 1. The standard InChI is InChI=1S/C12H14FN5O/c1-4-14-12-10(13)7(2)17-11(18-12)8-5-9(19-3)16-6-15-8/h5-6H,4H2,1-3H3,(H,14,17,18). The van der Waals surface area contributed by atoms with E-state index in [9.17, 15) is 4.39 Å². The average Bonchev–Trinajstić information content (AvgIpc) is 2.44. The maximum absolute atomic E-state index is 13.8. The zero-order valence-corrected chi connectivity index (χ0v) is 10.9. The van der Waals surface area contributed by atoms with Crippen LogP contribution >= 0.6 is 0 Å². The normalized spacial score (nSPS) is 10.3. The Bertz CT molecular complexity index is 590. The van der Waals surface area contributed by atoms with Crippen molar-refractivity contribution in [2.45, 2.75) is 13.8 Å². The van der Waals surface area contributed by atoms with Crippen LogP contribution in [-0.4, -0.2) is 33.6 Å². The number of nitrogens with one attached hydrogen (secondary N) is 1. The fourth-order valence-corrected chi connectivity index (χ4v) is 1.53. The molecule has 2 aromatic rings. The second kappa shape index (κ2) is 5.55. The Morgan fingerprint density at radius 1 is 1.32 bits per heavy atom. The summed E-state index contributed by atoms with van der Waals surface area (Å²) in [6, 6.07) is 1.60. The molecule has 2 aromatic heterocycles. The van der Waals surface area contributed by atoms with Gasteiger partial charge in [-0.05, 0) is 13.8 Å². The van der Waals surface area contributed by atoms with Crippen molar-refractivity contribution in [3.05, 3.63) is 23.9 Å². The average molecular weight is 263 g/mol. The fourth-order valence-electron chi connectivity index (χ4n) is 1.53. The van der Waals surface area contributed by atoms with Gasteiger partial charge in [0.25, 0.3) is 0 Å². The first-order chi connectivity index (χ1) is 9.15. The van der Waals surface area contributed by atoms with Gasteiger partial charge in [-0.1, -0.05) is 0 Å². The predicted molar refractivity (Wildman–Crippen MR) is 68.5 cm³/mol. The molecule has 100 valence electrons. The zero-order chi connectivity index (χ0) is 13.8. The number of ether oxygens (including phenoxy) is 1. The van der Waals surface area contributed by atoms with Crippen LogP contribution in [0, 0.1) is 12.7 Å². The lowest BCUT2D eigenvalue weighted by molar-refractivity contribution is 0.397. The predicted octanol–water partition coefficient (Wildman–Crippen LogP) is 1.82. The molecule has 0 aliphatic heterocycles. The SMILES string of the molecule is CCNc1nc(-c2cc(OC)ncn2)nc(C)c1F. The minimum atomic E-state index is -0.452. The summed E-state index contributed by atoms with van der Waals surface area (Å²) in [4.78, 5) is 16.2. The number of rotatable bonds is 4. The van der Waals surface area contributed by atoms with Crippen molar-refractivity contribution >= 4 is 5.82 Å². The molecule has 0 spiro atoms. The van der Waals surface area contributed by atoms with E-state index in [4.69, 9.17) is 4.74 Å². The van der Waals surface area contributed by atoms with Gasteiger partial charge < -0.3 is 10.1 Å². The molecule has 0 aliphatic carbocycles. The van der Waals surface area contributed by atoms with Gasteiger partial charge in [0.15, 0.2) is 17.5 Å². The van der Waals surface area contributed by atoms with Crippen LogP contribution in [0.4, 0.5) is 10.2 Å². The van der Waals surface area contributed by atoms with Crippen molar-refractivity contribution in [3.8, 4) is 17.4 Å². The van der Waals surface area contributed by atoms with Crippen LogP contribution < -0.4 is 10.1 Å². The summed E-state index contributed by atoms with van der Waals surface area (Å²) in [6.45, 7) is 4.02. The van der Waals surface area contributed by atoms with E-state index in [2.05, 4.69) is 25.3 Å². The quantitative estimate of drug-likeness (QED) is 0.907. The Hall–Kier alpha value is -2.31. The van der Waals surface area contributed by atoms with Gasteiger partial charge in [-0.2, -0.15) is 0 Å². The van der Waals surface area contributed by atoms with Gasteiger partial charge in [0.05, 0.1) is 12.8 Å². The largest absolute Gasteiger partial charge is 0.481 e. The second-order valence-corrected chi connectivity index (χ2v) is 3.77. The molecule has 0 atom stereocenters. The number of aromatic nitrogens is 4. The van der Waals surface area contributed by atoms with E-state index in [0.29, 0.717) is 23.9 Å². The number of nitrogens with zero attached hydrogens (tertiary/aromatic N) is 4. The van der Waals surface area contributed by atoms with Crippen molar-refractivity contribution in [2.75, 3.05) is 19.0 Å². The highest BCUT2D eigenvalue weighted by Gasteiger charge is 2.13. The Labute approximate surface area is 110 Å². The minimum absolute atomic E-state index is 0.169. The van der Waals surface area contributed by atoms with Crippen LogP contribution in [0.5, 0.6) is 5.88 Å². The van der Waals surface area contributed by atoms with Crippen LogP contribution in [-0.2, 0) is 0 Å². The zero-order valence-electron chi connectivity index (χ0n) is 10.9. The topological polar surface area (TPSA) is 72.8 Å². The molecular weight excluding hydrogens is 249 g/mol. The molecule has 7 heteroatoms. The molecule has 2 heterocycles. The summed E-state index contributed by atoms with van der Waals surface area (Å²) in [5.41, 5.74) is 0.743. The lowest BCUT2D eigenvalue weighted by atomic mass is 10.3. The molecule has 0 radical (unpaired) electrons. The number of hydrogen-bond acceptors (Lipinski definition) is 6. The molecule has 1 N–H and O–H groups in total. The Kier molecular flexibility index (Phi) is 3.84. The fraction of sp³-hybridized carbons (Fsp3) is 0.333.